The van der Waals surface area contributed by atoms with Gasteiger partial charge in [0, 0.05) is 6.92 Å². The van der Waals surface area contributed by atoms with Crippen molar-refractivity contribution < 1.29 is 38.1 Å². The predicted octanol–water partition coefficient (Wildman–Crippen LogP) is 3.29. The van der Waals surface area contributed by atoms with Crippen molar-refractivity contribution in [1.29, 1.82) is 0 Å². The molecule has 0 bridgehead atoms. The monoisotopic (exact) mass is 661 g/mol. The maximum Gasteiger partial charge on any atom is 0.339 e. The van der Waals surface area contributed by atoms with E-state index < -0.39 is 60.0 Å². The van der Waals surface area contributed by atoms with Gasteiger partial charge in [0.1, 0.15) is 12.7 Å². The van der Waals surface area contributed by atoms with Crippen molar-refractivity contribution in [3.8, 4) is 12.3 Å². The number of terminal acetylenes is 1. The number of aromatic amines is 1. The van der Waals surface area contributed by atoms with E-state index >= 15 is 0 Å². The molecule has 5 aromatic rings. The molecule has 14 nitrogen and oxygen atoms in total. The summed E-state index contributed by atoms with van der Waals surface area (Å²) in [7, 11) is 0. The topological polar surface area (TPSA) is 181 Å². The standard InChI is InChI=1S/C35H27N5O9/c1-3-35(49-33(45)24-17-11-6-12-18-24)25(19-46-31(43)22-13-7-4-8-14-22)47-30(27(35)48-32(44)23-15-9-5-10-16-23)40-20-36-26-28(40)38-34(37-21(2)41)39-29(26)42/h1,4-18,20,25,27,30H,19H2,2H3,(H2,37,38,39,41,42)/t25-,27+,30-,35-/m1/s1. The lowest BCUT2D eigenvalue weighted by atomic mass is 9.92. The van der Waals surface area contributed by atoms with Crippen LogP contribution in [0.2, 0.25) is 0 Å². The minimum Gasteiger partial charge on any atom is -0.459 e. The van der Waals surface area contributed by atoms with E-state index in [4.69, 9.17) is 25.4 Å². The zero-order valence-corrected chi connectivity index (χ0v) is 25.8. The van der Waals surface area contributed by atoms with Gasteiger partial charge in [-0.3, -0.25) is 24.5 Å². The number of hydrogen-bond acceptors (Lipinski definition) is 11. The molecule has 4 atom stereocenters. The van der Waals surface area contributed by atoms with E-state index in [0.717, 1.165) is 0 Å². The van der Waals surface area contributed by atoms with Gasteiger partial charge in [-0.15, -0.1) is 6.42 Å². The molecule has 1 saturated heterocycles. The number of esters is 3. The number of fused-ring (bicyclic) bond motifs is 1. The number of H-pyrrole nitrogens is 1. The fraction of sp³-hybridized carbons (Fsp3) is 0.171. The third-order valence-corrected chi connectivity index (χ3v) is 7.58. The maximum absolute atomic E-state index is 13.6. The number of nitrogens with one attached hydrogen (secondary N) is 2. The highest BCUT2D eigenvalue weighted by Gasteiger charge is 2.63. The van der Waals surface area contributed by atoms with E-state index in [-0.39, 0.29) is 33.8 Å². The number of hydrogen-bond donors (Lipinski definition) is 2. The molecule has 246 valence electrons. The number of rotatable bonds is 9. The second-order valence-electron chi connectivity index (χ2n) is 10.8. The van der Waals surface area contributed by atoms with Crippen LogP contribution in [0.4, 0.5) is 5.95 Å². The van der Waals surface area contributed by atoms with Crippen LogP contribution in [-0.4, -0.2) is 67.7 Å². The van der Waals surface area contributed by atoms with Gasteiger partial charge in [0.2, 0.25) is 23.6 Å². The summed E-state index contributed by atoms with van der Waals surface area (Å²) >= 11 is 0. The van der Waals surface area contributed by atoms with Crippen LogP contribution in [0.15, 0.2) is 102 Å². The number of carbonyl (C=O) groups excluding carboxylic acids is 4. The van der Waals surface area contributed by atoms with Crippen molar-refractivity contribution in [3.63, 3.8) is 0 Å². The number of carbonyl (C=O) groups is 4. The Hall–Kier alpha value is -6.59. The molecule has 14 heteroatoms. The number of aromatic nitrogens is 4. The second-order valence-corrected chi connectivity index (χ2v) is 10.8. The molecule has 0 aliphatic carbocycles. The first-order valence-electron chi connectivity index (χ1n) is 14.8. The molecule has 49 heavy (non-hydrogen) atoms. The molecular formula is C35H27N5O9. The maximum atomic E-state index is 13.6. The highest BCUT2D eigenvalue weighted by atomic mass is 16.7. The Morgan fingerprint density at radius 1 is 0.918 bits per heavy atom. The molecule has 3 heterocycles. The van der Waals surface area contributed by atoms with E-state index in [1.807, 2.05) is 0 Å². The van der Waals surface area contributed by atoms with Crippen LogP contribution in [0, 0.1) is 12.3 Å². The molecular weight excluding hydrogens is 634 g/mol. The van der Waals surface area contributed by atoms with E-state index in [9.17, 15) is 24.0 Å². The van der Waals surface area contributed by atoms with Crippen LogP contribution in [-0.2, 0) is 23.7 Å². The quantitative estimate of drug-likeness (QED) is 0.134. The van der Waals surface area contributed by atoms with Gasteiger partial charge in [0.05, 0.1) is 23.0 Å². The summed E-state index contributed by atoms with van der Waals surface area (Å²) in [5.41, 5.74) is -2.69. The molecule has 1 aliphatic heterocycles. The summed E-state index contributed by atoms with van der Waals surface area (Å²) in [6.45, 7) is 0.665. The van der Waals surface area contributed by atoms with Crippen LogP contribution in [0.1, 0.15) is 44.2 Å². The van der Waals surface area contributed by atoms with E-state index in [2.05, 4.69) is 26.2 Å². The molecule has 3 aromatic carbocycles. The second kappa shape index (κ2) is 13.6. The Labute approximate surface area is 278 Å². The van der Waals surface area contributed by atoms with Gasteiger partial charge in [0.15, 0.2) is 17.4 Å². The molecule has 1 aliphatic rings. The Morgan fingerprint density at radius 2 is 1.49 bits per heavy atom. The van der Waals surface area contributed by atoms with Gasteiger partial charge in [0.25, 0.3) is 5.56 Å². The lowest BCUT2D eigenvalue weighted by molar-refractivity contribution is -0.114. The zero-order chi connectivity index (χ0) is 34.5. The number of ether oxygens (including phenoxy) is 4. The van der Waals surface area contributed by atoms with Crippen LogP contribution in [0.3, 0.4) is 0 Å². The number of benzene rings is 3. The molecule has 0 radical (unpaired) electrons. The first-order chi connectivity index (χ1) is 23.7. The van der Waals surface area contributed by atoms with Crippen molar-refractivity contribution in [2.75, 3.05) is 11.9 Å². The van der Waals surface area contributed by atoms with E-state index in [0.29, 0.717) is 0 Å². The van der Waals surface area contributed by atoms with Gasteiger partial charge in [-0.05, 0) is 36.4 Å². The summed E-state index contributed by atoms with van der Waals surface area (Å²) in [6, 6.07) is 24.0. The Bertz CT molecular complexity index is 2130. The van der Waals surface area contributed by atoms with Crippen molar-refractivity contribution in [2.24, 2.45) is 0 Å². The highest BCUT2D eigenvalue weighted by Crippen LogP contribution is 2.43. The summed E-state index contributed by atoms with van der Waals surface area (Å²) in [5.74, 6) is -0.715. The highest BCUT2D eigenvalue weighted by molar-refractivity contribution is 5.91. The normalized spacial score (nSPS) is 19.8. The van der Waals surface area contributed by atoms with E-state index in [1.54, 1.807) is 66.7 Å². The number of nitrogens with zero attached hydrogens (tertiary/aromatic N) is 3. The predicted molar refractivity (Wildman–Crippen MR) is 172 cm³/mol. The van der Waals surface area contributed by atoms with Gasteiger partial charge >= 0.3 is 17.9 Å². The largest absolute Gasteiger partial charge is 0.459 e. The lowest BCUT2D eigenvalue weighted by Crippen LogP contribution is -2.53. The molecule has 1 amide bonds. The third kappa shape index (κ3) is 6.51. The van der Waals surface area contributed by atoms with E-state index in [1.165, 1.54) is 42.1 Å². The number of amides is 1. The van der Waals surface area contributed by atoms with Crippen molar-refractivity contribution in [3.05, 3.63) is 124 Å². The summed E-state index contributed by atoms with van der Waals surface area (Å²) in [4.78, 5) is 75.8. The van der Waals surface area contributed by atoms with Crippen LogP contribution < -0.4 is 10.9 Å². The van der Waals surface area contributed by atoms with Gasteiger partial charge in [-0.2, -0.15) is 4.98 Å². The molecule has 6 rings (SSSR count). The molecule has 2 N–H and O–H groups in total. The Kier molecular flexibility index (Phi) is 9.01. The molecule has 0 spiro atoms. The smallest absolute Gasteiger partial charge is 0.339 e. The van der Waals surface area contributed by atoms with Crippen molar-refractivity contribution in [1.82, 2.24) is 19.5 Å². The average Bonchev–Trinajstić information content (AvgIpc) is 3.67. The Balaban J connectivity index is 1.48. The number of anilines is 1. The lowest BCUT2D eigenvalue weighted by Gasteiger charge is -2.33. The molecule has 2 aromatic heterocycles. The fourth-order valence-electron chi connectivity index (χ4n) is 5.28. The van der Waals surface area contributed by atoms with Gasteiger partial charge < -0.3 is 18.9 Å². The minimum atomic E-state index is -2.22. The fourth-order valence-corrected chi connectivity index (χ4v) is 5.28. The van der Waals surface area contributed by atoms with Gasteiger partial charge in [-0.1, -0.05) is 60.5 Å². The minimum absolute atomic E-state index is 0.0968. The molecule has 0 unspecified atom stereocenters. The SMILES string of the molecule is C#C[C@@]1(OC(=O)c2ccccc2)[C@@H](COC(=O)c2ccccc2)O[C@@H](n2cnc3c(=O)[nH]c(NC(C)=O)nc32)[C@@H]1OC(=O)c1ccccc1. The molecule has 1 fully saturated rings. The summed E-state index contributed by atoms with van der Waals surface area (Å²) < 4.78 is 25.3. The summed E-state index contributed by atoms with van der Waals surface area (Å²) in [5, 5.41) is 2.41. The zero-order valence-electron chi connectivity index (χ0n) is 25.8. The average molecular weight is 662 g/mol. The molecule has 0 saturated carbocycles. The van der Waals surface area contributed by atoms with Gasteiger partial charge in [-0.25, -0.2) is 19.4 Å². The third-order valence-electron chi connectivity index (χ3n) is 7.58. The van der Waals surface area contributed by atoms with Crippen molar-refractivity contribution >= 4 is 40.9 Å². The Morgan fingerprint density at radius 3 is 2.06 bits per heavy atom. The van der Waals surface area contributed by atoms with Crippen LogP contribution >= 0.6 is 0 Å². The van der Waals surface area contributed by atoms with Crippen LogP contribution in [0.25, 0.3) is 11.2 Å². The first-order valence-corrected chi connectivity index (χ1v) is 14.8. The summed E-state index contributed by atoms with van der Waals surface area (Å²) in [6.07, 6.45) is 2.81. The number of imidazole rings is 1. The van der Waals surface area contributed by atoms with Crippen molar-refractivity contribution in [2.45, 2.75) is 31.0 Å². The first kappa shape index (κ1) is 32.4. The van der Waals surface area contributed by atoms with Crippen LogP contribution in [0.5, 0.6) is 0 Å².